The van der Waals surface area contributed by atoms with Crippen LogP contribution in [0.25, 0.3) is 0 Å². The molecule has 5 nitrogen and oxygen atoms in total. The fraction of sp³-hybridized carbons (Fsp3) is 0.381. The molecule has 1 amide bonds. The van der Waals surface area contributed by atoms with Crippen LogP contribution in [0.2, 0.25) is 0 Å². The van der Waals surface area contributed by atoms with Gasteiger partial charge in [0.15, 0.2) is 11.5 Å². The van der Waals surface area contributed by atoms with Gasteiger partial charge in [-0.1, -0.05) is 26.0 Å². The minimum Gasteiger partial charge on any atom is -0.496 e. The van der Waals surface area contributed by atoms with Crippen LogP contribution in [0.4, 0.5) is 0 Å². The van der Waals surface area contributed by atoms with Gasteiger partial charge in [0.1, 0.15) is 5.75 Å². The third-order valence-corrected chi connectivity index (χ3v) is 4.09. The normalized spacial score (nSPS) is 10.5. The molecule has 0 bridgehead atoms. The van der Waals surface area contributed by atoms with Crippen LogP contribution < -0.4 is 19.5 Å². The highest BCUT2D eigenvalue weighted by atomic mass is 16.5. The number of carbonyl (C=O) groups is 1. The second kappa shape index (κ2) is 9.13. The lowest BCUT2D eigenvalue weighted by molar-refractivity contribution is 0.0950. The lowest BCUT2D eigenvalue weighted by atomic mass is 10.0. The molecule has 2 aromatic carbocycles. The molecule has 0 aromatic heterocycles. The van der Waals surface area contributed by atoms with E-state index in [2.05, 4.69) is 19.2 Å². The van der Waals surface area contributed by atoms with Crippen LogP contribution in [0.3, 0.4) is 0 Å². The molecule has 0 spiro atoms. The first-order valence-electron chi connectivity index (χ1n) is 8.64. The van der Waals surface area contributed by atoms with Crippen LogP contribution in [0.15, 0.2) is 36.4 Å². The summed E-state index contributed by atoms with van der Waals surface area (Å²) < 4.78 is 16.0. The Balaban J connectivity index is 2.09. The lowest BCUT2D eigenvalue weighted by Gasteiger charge is -2.14. The molecule has 0 fully saturated rings. The van der Waals surface area contributed by atoms with Crippen molar-refractivity contribution in [3.63, 3.8) is 0 Å². The average molecular weight is 357 g/mol. The largest absolute Gasteiger partial charge is 0.496 e. The number of benzene rings is 2. The Morgan fingerprint density at radius 1 is 0.923 bits per heavy atom. The molecule has 0 radical (unpaired) electrons. The van der Waals surface area contributed by atoms with Crippen LogP contribution in [0.5, 0.6) is 17.2 Å². The van der Waals surface area contributed by atoms with Gasteiger partial charge in [-0.15, -0.1) is 0 Å². The molecule has 0 saturated heterocycles. The molecule has 0 heterocycles. The van der Waals surface area contributed by atoms with Crippen molar-refractivity contribution < 1.29 is 19.0 Å². The molecule has 2 rings (SSSR count). The third-order valence-electron chi connectivity index (χ3n) is 4.09. The molecule has 5 heteroatoms. The van der Waals surface area contributed by atoms with Crippen molar-refractivity contribution in [1.82, 2.24) is 5.32 Å². The van der Waals surface area contributed by atoms with Gasteiger partial charge in [0.2, 0.25) is 0 Å². The van der Waals surface area contributed by atoms with Gasteiger partial charge in [-0.3, -0.25) is 4.79 Å². The third kappa shape index (κ3) is 4.91. The molecular formula is C21H27NO4. The van der Waals surface area contributed by atoms with Crippen LogP contribution in [0.1, 0.15) is 35.3 Å². The van der Waals surface area contributed by atoms with Gasteiger partial charge in [-0.05, 0) is 36.1 Å². The zero-order valence-corrected chi connectivity index (χ0v) is 16.1. The topological polar surface area (TPSA) is 56.8 Å². The zero-order chi connectivity index (χ0) is 19.1. The second-order valence-corrected chi connectivity index (χ2v) is 6.50. The SMILES string of the molecule is COc1cc(OC)c(OC)cc1CNC(=O)c1ccc(CC(C)C)cc1. The average Bonchev–Trinajstić information content (AvgIpc) is 2.65. The molecular weight excluding hydrogens is 330 g/mol. The van der Waals surface area contributed by atoms with E-state index >= 15 is 0 Å². The van der Waals surface area contributed by atoms with Crippen LogP contribution in [-0.2, 0) is 13.0 Å². The van der Waals surface area contributed by atoms with Gasteiger partial charge in [-0.2, -0.15) is 0 Å². The number of ether oxygens (including phenoxy) is 3. The highest BCUT2D eigenvalue weighted by Gasteiger charge is 2.13. The maximum Gasteiger partial charge on any atom is 0.251 e. The fourth-order valence-electron chi connectivity index (χ4n) is 2.77. The summed E-state index contributed by atoms with van der Waals surface area (Å²) in [5.41, 5.74) is 2.69. The number of amides is 1. The summed E-state index contributed by atoms with van der Waals surface area (Å²) in [5, 5.41) is 2.92. The minimum absolute atomic E-state index is 0.127. The smallest absolute Gasteiger partial charge is 0.251 e. The molecule has 140 valence electrons. The number of carbonyl (C=O) groups excluding carboxylic acids is 1. The maximum absolute atomic E-state index is 12.4. The Morgan fingerprint density at radius 2 is 1.50 bits per heavy atom. The Bertz CT molecular complexity index is 738. The summed E-state index contributed by atoms with van der Waals surface area (Å²) >= 11 is 0. The predicted molar refractivity (Wildman–Crippen MR) is 102 cm³/mol. The van der Waals surface area contributed by atoms with Crippen molar-refractivity contribution in [3.8, 4) is 17.2 Å². The lowest BCUT2D eigenvalue weighted by Crippen LogP contribution is -2.23. The van der Waals surface area contributed by atoms with E-state index in [1.807, 2.05) is 30.3 Å². The predicted octanol–water partition coefficient (Wildman–Crippen LogP) is 3.84. The van der Waals surface area contributed by atoms with Gasteiger partial charge in [0.25, 0.3) is 5.91 Å². The highest BCUT2D eigenvalue weighted by molar-refractivity contribution is 5.94. The molecule has 0 aliphatic rings. The number of nitrogens with one attached hydrogen (secondary N) is 1. The van der Waals surface area contributed by atoms with E-state index in [1.165, 1.54) is 5.56 Å². The zero-order valence-electron chi connectivity index (χ0n) is 16.1. The summed E-state index contributed by atoms with van der Waals surface area (Å²) in [4.78, 5) is 12.4. The summed E-state index contributed by atoms with van der Waals surface area (Å²) in [5.74, 6) is 2.27. The summed E-state index contributed by atoms with van der Waals surface area (Å²) in [6.07, 6.45) is 1.00. The molecule has 26 heavy (non-hydrogen) atoms. The van der Waals surface area contributed by atoms with Crippen LogP contribution in [0, 0.1) is 5.92 Å². The van der Waals surface area contributed by atoms with E-state index in [9.17, 15) is 4.79 Å². The molecule has 0 unspecified atom stereocenters. The van der Waals surface area contributed by atoms with Crippen molar-refractivity contribution >= 4 is 5.91 Å². The van der Waals surface area contributed by atoms with E-state index < -0.39 is 0 Å². The summed E-state index contributed by atoms with van der Waals surface area (Å²) in [7, 11) is 4.73. The van der Waals surface area contributed by atoms with Crippen molar-refractivity contribution in [3.05, 3.63) is 53.1 Å². The van der Waals surface area contributed by atoms with Crippen molar-refractivity contribution in [2.24, 2.45) is 5.92 Å². The van der Waals surface area contributed by atoms with E-state index in [0.29, 0.717) is 35.3 Å². The molecule has 1 N–H and O–H groups in total. The van der Waals surface area contributed by atoms with E-state index in [-0.39, 0.29) is 5.91 Å². The first-order valence-corrected chi connectivity index (χ1v) is 8.64. The fourth-order valence-corrected chi connectivity index (χ4v) is 2.77. The molecule has 0 aliphatic carbocycles. The maximum atomic E-state index is 12.4. The molecule has 0 aliphatic heterocycles. The monoisotopic (exact) mass is 357 g/mol. The summed E-state index contributed by atoms with van der Waals surface area (Å²) in [6, 6.07) is 11.3. The molecule has 2 aromatic rings. The van der Waals surface area contributed by atoms with Gasteiger partial charge in [0, 0.05) is 23.7 Å². The molecule has 0 atom stereocenters. The minimum atomic E-state index is -0.127. The highest BCUT2D eigenvalue weighted by Crippen LogP contribution is 2.34. The van der Waals surface area contributed by atoms with E-state index in [4.69, 9.17) is 14.2 Å². The first-order chi connectivity index (χ1) is 12.5. The number of hydrogen-bond donors (Lipinski definition) is 1. The van der Waals surface area contributed by atoms with Crippen molar-refractivity contribution in [2.75, 3.05) is 21.3 Å². The Kier molecular flexibility index (Phi) is 6.89. The van der Waals surface area contributed by atoms with Crippen molar-refractivity contribution in [1.29, 1.82) is 0 Å². The number of methoxy groups -OCH3 is 3. The van der Waals surface area contributed by atoms with Crippen LogP contribution in [-0.4, -0.2) is 27.2 Å². The number of rotatable bonds is 8. The summed E-state index contributed by atoms with van der Waals surface area (Å²) in [6.45, 7) is 4.68. The second-order valence-electron chi connectivity index (χ2n) is 6.50. The van der Waals surface area contributed by atoms with Gasteiger partial charge >= 0.3 is 0 Å². The Labute approximate surface area is 155 Å². The number of hydrogen-bond acceptors (Lipinski definition) is 4. The quantitative estimate of drug-likeness (QED) is 0.780. The van der Waals surface area contributed by atoms with Crippen LogP contribution >= 0.6 is 0 Å². The first kappa shape index (κ1) is 19.6. The van der Waals surface area contributed by atoms with Gasteiger partial charge in [-0.25, -0.2) is 0 Å². The van der Waals surface area contributed by atoms with E-state index in [0.717, 1.165) is 12.0 Å². The Hall–Kier alpha value is -2.69. The van der Waals surface area contributed by atoms with E-state index in [1.54, 1.807) is 27.4 Å². The Morgan fingerprint density at radius 3 is 2.04 bits per heavy atom. The molecule has 0 saturated carbocycles. The van der Waals surface area contributed by atoms with Crippen molar-refractivity contribution in [2.45, 2.75) is 26.8 Å². The van der Waals surface area contributed by atoms with Gasteiger partial charge < -0.3 is 19.5 Å². The standard InChI is InChI=1S/C21H27NO4/c1-14(2)10-15-6-8-16(9-7-15)21(23)22-13-17-11-19(25-4)20(26-5)12-18(17)24-3/h6-9,11-12,14H,10,13H2,1-5H3,(H,22,23). The van der Waals surface area contributed by atoms with Gasteiger partial charge in [0.05, 0.1) is 21.3 Å².